The highest BCUT2D eigenvalue weighted by Gasteiger charge is 2.30. The molecule has 0 aliphatic carbocycles. The molecule has 0 aliphatic heterocycles. The van der Waals surface area contributed by atoms with Crippen LogP contribution in [0.2, 0.25) is 0 Å². The third-order valence-electron chi connectivity index (χ3n) is 4.24. The second kappa shape index (κ2) is 7.75. The number of fused-ring (bicyclic) bond motifs is 1. The first kappa shape index (κ1) is 18.8. The predicted molar refractivity (Wildman–Crippen MR) is 98.4 cm³/mol. The average molecular weight is 373 g/mol. The van der Waals surface area contributed by atoms with Crippen LogP contribution < -0.4 is 10.6 Å². The van der Waals surface area contributed by atoms with Crippen LogP contribution in [0.25, 0.3) is 10.9 Å². The van der Waals surface area contributed by atoms with Gasteiger partial charge in [0, 0.05) is 5.39 Å². The fraction of sp³-hybridized carbons (Fsp3) is 0.200. The molecule has 1 aromatic heterocycles. The zero-order valence-corrected chi connectivity index (χ0v) is 14.5. The molecule has 0 saturated carbocycles. The Kier molecular flexibility index (Phi) is 5.41. The number of benzene rings is 2. The van der Waals surface area contributed by atoms with Gasteiger partial charge in [-0.05, 0) is 43.3 Å². The van der Waals surface area contributed by atoms with E-state index in [4.69, 9.17) is 0 Å². The minimum atomic E-state index is -4.37. The molecule has 0 spiro atoms. The molecular weight excluding hydrogens is 355 g/mol. The second-order valence-corrected chi connectivity index (χ2v) is 6.15. The van der Waals surface area contributed by atoms with Gasteiger partial charge in [0.05, 0.1) is 29.0 Å². The van der Waals surface area contributed by atoms with Crippen LogP contribution in [0.5, 0.6) is 0 Å². The number of halogens is 3. The summed E-state index contributed by atoms with van der Waals surface area (Å²) in [7, 11) is 1.63. The molecule has 27 heavy (non-hydrogen) atoms. The van der Waals surface area contributed by atoms with Crippen LogP contribution in [-0.4, -0.2) is 24.0 Å². The Balaban J connectivity index is 1.69. The first-order chi connectivity index (χ1) is 12.9. The number of aromatic nitrogens is 1. The standard InChI is InChI=1S/C20H18F3N3O/c1-24-18(10-13-6-8-15(9-7-13)20(21,22)23)19(27)26-16-11-14-4-2-3-5-17(14)25-12-16/h2-9,11-12,18,24H,10H2,1H3,(H,26,27)/t18-/m0/s1. The van der Waals surface area contributed by atoms with Crippen molar-refractivity contribution in [1.29, 1.82) is 0 Å². The van der Waals surface area contributed by atoms with Crippen molar-refractivity contribution in [2.45, 2.75) is 18.6 Å². The largest absolute Gasteiger partial charge is 0.416 e. The molecule has 1 heterocycles. The van der Waals surface area contributed by atoms with Gasteiger partial charge in [0.2, 0.25) is 5.91 Å². The topological polar surface area (TPSA) is 54.0 Å². The lowest BCUT2D eigenvalue weighted by Crippen LogP contribution is -2.40. The van der Waals surface area contributed by atoms with Crippen LogP contribution in [0, 0.1) is 0 Å². The van der Waals surface area contributed by atoms with E-state index in [2.05, 4.69) is 15.6 Å². The van der Waals surface area contributed by atoms with Crippen molar-refractivity contribution in [3.63, 3.8) is 0 Å². The van der Waals surface area contributed by atoms with E-state index in [9.17, 15) is 18.0 Å². The molecular formula is C20H18F3N3O. The minimum absolute atomic E-state index is 0.265. The molecule has 1 amide bonds. The molecule has 0 aliphatic rings. The van der Waals surface area contributed by atoms with Crippen LogP contribution >= 0.6 is 0 Å². The van der Waals surface area contributed by atoms with Gasteiger partial charge in [0.25, 0.3) is 0 Å². The average Bonchev–Trinajstić information content (AvgIpc) is 2.65. The normalized spacial score (nSPS) is 12.7. The van der Waals surface area contributed by atoms with Gasteiger partial charge >= 0.3 is 6.18 Å². The Morgan fingerprint density at radius 3 is 2.48 bits per heavy atom. The Bertz CT molecular complexity index is 939. The van der Waals surface area contributed by atoms with E-state index >= 15 is 0 Å². The summed E-state index contributed by atoms with van der Waals surface area (Å²) in [5.74, 6) is -0.283. The highest BCUT2D eigenvalue weighted by atomic mass is 19.4. The molecule has 3 rings (SSSR count). The number of anilines is 1. The maximum Gasteiger partial charge on any atom is 0.416 e. The van der Waals surface area contributed by atoms with Crippen molar-refractivity contribution in [2.24, 2.45) is 0 Å². The van der Waals surface area contributed by atoms with E-state index in [0.717, 1.165) is 23.0 Å². The molecule has 0 fully saturated rings. The fourth-order valence-electron chi connectivity index (χ4n) is 2.76. The van der Waals surface area contributed by atoms with Gasteiger partial charge in [-0.1, -0.05) is 30.3 Å². The Hall–Kier alpha value is -2.93. The number of amides is 1. The third-order valence-corrected chi connectivity index (χ3v) is 4.24. The lowest BCUT2D eigenvalue weighted by Gasteiger charge is -2.17. The lowest BCUT2D eigenvalue weighted by atomic mass is 10.0. The van der Waals surface area contributed by atoms with Gasteiger partial charge in [0.15, 0.2) is 0 Å². The van der Waals surface area contributed by atoms with Gasteiger partial charge in [0.1, 0.15) is 0 Å². The van der Waals surface area contributed by atoms with Gasteiger partial charge in [-0.2, -0.15) is 13.2 Å². The number of likely N-dealkylation sites (N-methyl/N-ethyl adjacent to an activating group) is 1. The minimum Gasteiger partial charge on any atom is -0.323 e. The Labute approximate surface area is 154 Å². The number of pyridine rings is 1. The summed E-state index contributed by atoms with van der Waals surface area (Å²) >= 11 is 0. The van der Waals surface area contributed by atoms with Crippen molar-refractivity contribution in [1.82, 2.24) is 10.3 Å². The summed E-state index contributed by atoms with van der Waals surface area (Å²) in [4.78, 5) is 16.8. The number of nitrogens with zero attached hydrogens (tertiary/aromatic N) is 1. The van der Waals surface area contributed by atoms with Crippen LogP contribution in [0.4, 0.5) is 18.9 Å². The summed E-state index contributed by atoms with van der Waals surface area (Å²) in [6, 6.07) is 13.6. The van der Waals surface area contributed by atoms with Crippen molar-refractivity contribution in [3.05, 3.63) is 71.9 Å². The SMILES string of the molecule is CN[C@@H](Cc1ccc(C(F)(F)F)cc1)C(=O)Nc1cnc2ccccc2c1. The van der Waals surface area contributed by atoms with Gasteiger partial charge < -0.3 is 10.6 Å². The number of carbonyl (C=O) groups is 1. The van der Waals surface area contributed by atoms with E-state index in [-0.39, 0.29) is 12.3 Å². The number of rotatable bonds is 5. The molecule has 1 atom stereocenters. The first-order valence-corrected chi connectivity index (χ1v) is 8.36. The summed E-state index contributed by atoms with van der Waals surface area (Å²) in [5.41, 5.74) is 1.31. The number of hydrogen-bond donors (Lipinski definition) is 2. The summed E-state index contributed by atoms with van der Waals surface area (Å²) in [6.45, 7) is 0. The van der Waals surface area contributed by atoms with Crippen molar-refractivity contribution < 1.29 is 18.0 Å². The van der Waals surface area contributed by atoms with Crippen molar-refractivity contribution in [2.75, 3.05) is 12.4 Å². The molecule has 0 unspecified atom stereocenters. The van der Waals surface area contributed by atoms with E-state index < -0.39 is 17.8 Å². The van der Waals surface area contributed by atoms with E-state index in [1.54, 1.807) is 13.2 Å². The second-order valence-electron chi connectivity index (χ2n) is 6.15. The first-order valence-electron chi connectivity index (χ1n) is 8.36. The number of nitrogens with one attached hydrogen (secondary N) is 2. The molecule has 4 nitrogen and oxygen atoms in total. The van der Waals surface area contributed by atoms with Crippen LogP contribution in [0.3, 0.4) is 0 Å². The van der Waals surface area contributed by atoms with Crippen molar-refractivity contribution >= 4 is 22.5 Å². The lowest BCUT2D eigenvalue weighted by molar-refractivity contribution is -0.137. The number of alkyl halides is 3. The Morgan fingerprint density at radius 2 is 1.81 bits per heavy atom. The highest BCUT2D eigenvalue weighted by molar-refractivity contribution is 5.96. The van der Waals surface area contributed by atoms with Crippen molar-refractivity contribution in [3.8, 4) is 0 Å². The van der Waals surface area contributed by atoms with E-state index in [0.29, 0.717) is 11.3 Å². The van der Waals surface area contributed by atoms with Gasteiger partial charge in [-0.15, -0.1) is 0 Å². The molecule has 0 bridgehead atoms. The predicted octanol–water partition coefficient (Wildman–Crippen LogP) is 4.02. The van der Waals surface area contributed by atoms with E-state index in [1.807, 2.05) is 30.3 Å². The number of para-hydroxylation sites is 1. The van der Waals surface area contributed by atoms with Crippen LogP contribution in [-0.2, 0) is 17.4 Å². The van der Waals surface area contributed by atoms with Gasteiger partial charge in [-0.3, -0.25) is 9.78 Å². The fourth-order valence-corrected chi connectivity index (χ4v) is 2.76. The molecule has 2 aromatic carbocycles. The highest BCUT2D eigenvalue weighted by Crippen LogP contribution is 2.29. The maximum atomic E-state index is 12.6. The summed E-state index contributed by atoms with van der Waals surface area (Å²) in [5, 5.41) is 6.60. The maximum absolute atomic E-state index is 12.6. The molecule has 7 heteroatoms. The monoisotopic (exact) mass is 373 g/mol. The molecule has 0 radical (unpaired) electrons. The summed E-state index contributed by atoms with van der Waals surface area (Å²) < 4.78 is 37.9. The van der Waals surface area contributed by atoms with Gasteiger partial charge in [-0.25, -0.2) is 0 Å². The smallest absolute Gasteiger partial charge is 0.323 e. The Morgan fingerprint density at radius 1 is 1.11 bits per heavy atom. The molecule has 2 N–H and O–H groups in total. The number of carbonyl (C=O) groups excluding carboxylic acids is 1. The van der Waals surface area contributed by atoms with Crippen LogP contribution in [0.1, 0.15) is 11.1 Å². The third kappa shape index (κ3) is 4.62. The zero-order valence-electron chi connectivity index (χ0n) is 14.5. The molecule has 140 valence electrons. The summed E-state index contributed by atoms with van der Waals surface area (Å²) in [6.07, 6.45) is -2.53. The van der Waals surface area contributed by atoms with E-state index in [1.165, 1.54) is 12.1 Å². The molecule has 3 aromatic rings. The quantitative estimate of drug-likeness (QED) is 0.710. The molecule has 0 saturated heterocycles. The number of hydrogen-bond acceptors (Lipinski definition) is 3. The van der Waals surface area contributed by atoms with Crippen LogP contribution in [0.15, 0.2) is 60.8 Å². The zero-order chi connectivity index (χ0) is 19.4.